The monoisotopic (exact) mass is 503 g/mol. The summed E-state index contributed by atoms with van der Waals surface area (Å²) in [5.41, 5.74) is 7.51. The average Bonchev–Trinajstić information content (AvgIpc) is 3.28. The maximum absolute atomic E-state index is 13.5. The Hall–Kier alpha value is -2.98. The molecule has 0 aliphatic carbocycles. The van der Waals surface area contributed by atoms with Gasteiger partial charge >= 0.3 is 13.7 Å². The Labute approximate surface area is 203 Å². The van der Waals surface area contributed by atoms with E-state index in [1.54, 1.807) is 42.6 Å². The number of hydrogen-bond donors (Lipinski definition) is 2. The Morgan fingerprint density at radius 2 is 2.06 bits per heavy atom. The molecule has 1 fully saturated rings. The Kier molecular flexibility index (Phi) is 8.02. The molecule has 3 heterocycles. The largest absolute Gasteiger partial charge is 0.462 e. The van der Waals surface area contributed by atoms with Crippen LogP contribution in [-0.4, -0.2) is 45.9 Å². The molecule has 1 saturated heterocycles. The third-order valence-electron chi connectivity index (χ3n) is 5.37. The van der Waals surface area contributed by atoms with Gasteiger partial charge < -0.3 is 19.7 Å². The summed E-state index contributed by atoms with van der Waals surface area (Å²) in [6.45, 7) is 3.15. The van der Waals surface area contributed by atoms with Gasteiger partial charge in [0.1, 0.15) is 24.1 Å². The second-order valence-electron chi connectivity index (χ2n) is 8.45. The molecule has 12 heteroatoms. The number of nitrogen functional groups attached to an aromatic ring is 1. The lowest BCUT2D eigenvalue weighted by Gasteiger charge is -2.30. The van der Waals surface area contributed by atoms with E-state index in [1.165, 1.54) is 6.33 Å². The second-order valence-corrected chi connectivity index (χ2v) is 10.2. The van der Waals surface area contributed by atoms with Crippen LogP contribution in [0.25, 0.3) is 5.52 Å². The maximum Gasteiger partial charge on any atom is 0.459 e. The summed E-state index contributed by atoms with van der Waals surface area (Å²) < 4.78 is 38.0. The number of fused-ring (bicyclic) bond motifs is 1. The summed E-state index contributed by atoms with van der Waals surface area (Å²) in [5, 5.41) is 6.90. The van der Waals surface area contributed by atoms with Gasteiger partial charge in [0.25, 0.3) is 0 Å². The molecule has 0 saturated carbocycles. The van der Waals surface area contributed by atoms with Crippen LogP contribution in [0.4, 0.5) is 5.82 Å². The van der Waals surface area contributed by atoms with Crippen LogP contribution in [0.15, 0.2) is 48.8 Å². The number of nitrogens with one attached hydrogen (secondary N) is 1. The smallest absolute Gasteiger partial charge is 0.459 e. The van der Waals surface area contributed by atoms with Gasteiger partial charge in [-0.25, -0.2) is 19.2 Å². The van der Waals surface area contributed by atoms with Gasteiger partial charge in [-0.1, -0.05) is 18.2 Å². The molecule has 35 heavy (non-hydrogen) atoms. The number of ether oxygens (including phenoxy) is 2. The van der Waals surface area contributed by atoms with Crippen LogP contribution < -0.4 is 15.3 Å². The highest BCUT2D eigenvalue weighted by Gasteiger charge is 2.32. The van der Waals surface area contributed by atoms with Crippen molar-refractivity contribution in [2.75, 3.05) is 18.9 Å². The van der Waals surface area contributed by atoms with Crippen molar-refractivity contribution >= 4 is 25.1 Å². The van der Waals surface area contributed by atoms with Crippen molar-refractivity contribution in [3.05, 3.63) is 54.5 Å². The number of nitrogens with zero attached hydrogens (tertiary/aromatic N) is 3. The molecule has 1 aliphatic rings. The molecule has 0 amide bonds. The molecule has 0 radical (unpaired) electrons. The van der Waals surface area contributed by atoms with E-state index >= 15 is 0 Å². The van der Waals surface area contributed by atoms with Crippen molar-refractivity contribution in [1.29, 1.82) is 0 Å². The fourth-order valence-electron chi connectivity index (χ4n) is 3.83. The van der Waals surface area contributed by atoms with Crippen molar-refractivity contribution < 1.29 is 27.9 Å². The van der Waals surface area contributed by atoms with Gasteiger partial charge in [0.15, 0.2) is 5.82 Å². The molecule has 4 rings (SSSR count). The van der Waals surface area contributed by atoms with E-state index in [9.17, 15) is 9.36 Å². The van der Waals surface area contributed by atoms with Crippen LogP contribution in [0.2, 0.25) is 0 Å². The molecular weight excluding hydrogens is 473 g/mol. The molecule has 0 unspecified atom stereocenters. The Balaban J connectivity index is 1.42. The molecule has 2 aromatic heterocycles. The van der Waals surface area contributed by atoms with Crippen molar-refractivity contribution in [3.8, 4) is 5.75 Å². The first-order chi connectivity index (χ1) is 16.8. The third kappa shape index (κ3) is 6.58. The molecule has 0 spiro atoms. The standard InChI is InChI=1S/C23H30N5O6P/c1-16(2)32-22(29)13-27-35(30,34-17-7-4-3-5-8-17)31-14-18-9-6-10-21(33-18)19-11-12-20-23(24)25-15-26-28(19)20/h3-5,7-8,11-12,15-16,18,21H,6,9-10,13-14H2,1-2H3,(H,27,30)(H2,24,25,26)/t18-,21+,35-/m0/s1. The minimum absolute atomic E-state index is 0.00721. The van der Waals surface area contributed by atoms with Crippen molar-refractivity contribution in [1.82, 2.24) is 19.7 Å². The van der Waals surface area contributed by atoms with E-state index in [2.05, 4.69) is 15.2 Å². The van der Waals surface area contributed by atoms with E-state index in [0.29, 0.717) is 17.1 Å². The molecule has 3 aromatic rings. The van der Waals surface area contributed by atoms with Gasteiger partial charge in [-0.05, 0) is 57.4 Å². The number of nitrogens with two attached hydrogens (primary N) is 1. The predicted octanol–water partition coefficient (Wildman–Crippen LogP) is 3.67. The highest BCUT2D eigenvalue weighted by atomic mass is 31.2. The molecule has 3 atom stereocenters. The minimum Gasteiger partial charge on any atom is -0.462 e. The van der Waals surface area contributed by atoms with Gasteiger partial charge in [-0.15, -0.1) is 0 Å². The Bertz CT molecular complexity index is 1190. The molecule has 1 aliphatic heterocycles. The normalized spacial score (nSPS) is 20.0. The van der Waals surface area contributed by atoms with Crippen LogP contribution in [0.1, 0.15) is 44.9 Å². The molecule has 3 N–H and O–H groups in total. The lowest BCUT2D eigenvalue weighted by atomic mass is 10.0. The number of para-hydroxylation sites is 1. The van der Waals surface area contributed by atoms with E-state index in [1.807, 2.05) is 18.2 Å². The van der Waals surface area contributed by atoms with Gasteiger partial charge in [0.2, 0.25) is 0 Å². The third-order valence-corrected chi connectivity index (χ3v) is 6.86. The average molecular weight is 503 g/mol. The lowest BCUT2D eigenvalue weighted by molar-refractivity contribution is -0.146. The number of carbonyl (C=O) groups excluding carboxylic acids is 1. The molecule has 188 valence electrons. The van der Waals surface area contributed by atoms with Crippen LogP contribution in [0, 0.1) is 0 Å². The summed E-state index contributed by atoms with van der Waals surface area (Å²) in [7, 11) is -3.90. The first kappa shape index (κ1) is 25.1. The summed E-state index contributed by atoms with van der Waals surface area (Å²) in [4.78, 5) is 16.0. The van der Waals surface area contributed by atoms with Crippen molar-refractivity contribution in [2.45, 2.75) is 51.4 Å². The fraction of sp³-hybridized carbons (Fsp3) is 0.435. The maximum atomic E-state index is 13.5. The summed E-state index contributed by atoms with van der Waals surface area (Å²) >= 11 is 0. The zero-order valence-corrected chi connectivity index (χ0v) is 20.6. The Morgan fingerprint density at radius 1 is 1.26 bits per heavy atom. The number of esters is 1. The number of hydrogen-bond acceptors (Lipinski definition) is 9. The van der Waals surface area contributed by atoms with E-state index < -0.39 is 13.7 Å². The summed E-state index contributed by atoms with van der Waals surface area (Å²) in [6.07, 6.45) is 2.93. The number of anilines is 1. The zero-order valence-electron chi connectivity index (χ0n) is 19.7. The zero-order chi connectivity index (χ0) is 24.8. The van der Waals surface area contributed by atoms with E-state index in [4.69, 9.17) is 24.3 Å². The van der Waals surface area contributed by atoms with Gasteiger partial charge in [-0.2, -0.15) is 5.10 Å². The van der Waals surface area contributed by atoms with Gasteiger partial charge in [0, 0.05) is 0 Å². The van der Waals surface area contributed by atoms with Gasteiger partial charge in [-0.3, -0.25) is 9.32 Å². The first-order valence-corrected chi connectivity index (χ1v) is 13.0. The molecular formula is C23H30N5O6P. The lowest BCUT2D eigenvalue weighted by Crippen LogP contribution is -2.31. The van der Waals surface area contributed by atoms with Crippen LogP contribution >= 0.6 is 7.75 Å². The van der Waals surface area contributed by atoms with Crippen LogP contribution in [0.3, 0.4) is 0 Å². The molecule has 1 aromatic carbocycles. The summed E-state index contributed by atoms with van der Waals surface area (Å²) in [6, 6.07) is 12.4. The summed E-state index contributed by atoms with van der Waals surface area (Å²) in [5.74, 6) is 0.179. The molecule has 11 nitrogen and oxygen atoms in total. The van der Waals surface area contributed by atoms with E-state index in [-0.39, 0.29) is 31.5 Å². The van der Waals surface area contributed by atoms with Crippen molar-refractivity contribution in [2.24, 2.45) is 0 Å². The highest BCUT2D eigenvalue weighted by Crippen LogP contribution is 2.45. The number of benzene rings is 1. The predicted molar refractivity (Wildman–Crippen MR) is 129 cm³/mol. The SMILES string of the molecule is CC(C)OC(=O)CN[P@](=O)(OC[C@@H]1CCC[C@H](c2ccc3c(N)ncnn23)O1)Oc1ccccc1. The second kappa shape index (κ2) is 11.2. The van der Waals surface area contributed by atoms with Crippen LogP contribution in [0.5, 0.6) is 5.75 Å². The van der Waals surface area contributed by atoms with Gasteiger partial charge in [0.05, 0.1) is 30.6 Å². The Morgan fingerprint density at radius 3 is 2.83 bits per heavy atom. The topological polar surface area (TPSA) is 139 Å². The van der Waals surface area contributed by atoms with E-state index in [0.717, 1.165) is 25.0 Å². The quantitative estimate of drug-likeness (QED) is 0.311. The fourth-order valence-corrected chi connectivity index (χ4v) is 5.12. The number of carbonyl (C=O) groups is 1. The number of rotatable bonds is 10. The van der Waals surface area contributed by atoms with Crippen molar-refractivity contribution in [3.63, 3.8) is 0 Å². The first-order valence-electron chi connectivity index (χ1n) is 11.5. The molecule has 0 bridgehead atoms. The van der Waals surface area contributed by atoms with Crippen LogP contribution in [-0.2, 0) is 23.4 Å². The minimum atomic E-state index is -3.90. The highest BCUT2D eigenvalue weighted by molar-refractivity contribution is 7.52. The number of aromatic nitrogens is 3.